The van der Waals surface area contributed by atoms with Crippen LogP contribution in [0.4, 0.5) is 5.69 Å². The van der Waals surface area contributed by atoms with Crippen molar-refractivity contribution in [2.24, 2.45) is 0 Å². The molecule has 0 saturated heterocycles. The first kappa shape index (κ1) is 30.7. The van der Waals surface area contributed by atoms with Crippen LogP contribution < -0.4 is 0 Å². The zero-order chi connectivity index (χ0) is 36.6. The maximum atomic E-state index is 10.8. The summed E-state index contributed by atoms with van der Waals surface area (Å²) < 4.78 is 6.94. The molecule has 0 unspecified atom stereocenters. The van der Waals surface area contributed by atoms with E-state index in [9.17, 15) is 5.26 Å². The smallest absolute Gasteiger partial charge is 0.188 e. The third kappa shape index (κ3) is 4.39. The number of benzene rings is 8. The lowest BCUT2D eigenvalue weighted by molar-refractivity contribution is 1.16. The molecule has 0 spiro atoms. The van der Waals surface area contributed by atoms with Gasteiger partial charge in [-0.3, -0.25) is 0 Å². The van der Waals surface area contributed by atoms with Gasteiger partial charge in [0.1, 0.15) is 0 Å². The van der Waals surface area contributed by atoms with Gasteiger partial charge in [-0.1, -0.05) is 109 Å². The Kier molecular flexibility index (Phi) is 6.61. The van der Waals surface area contributed by atoms with Gasteiger partial charge in [0, 0.05) is 43.7 Å². The summed E-state index contributed by atoms with van der Waals surface area (Å²) in [6.07, 6.45) is 0. The SMILES string of the molecule is [C-]#[N+]c1ccc2c(c1)c1ccccc1n2-c1cccc2c1c1ccccc1n2-c1ccccc1-c1ccc(-n2c3ccccc3c3ccccc32)cc1C#N. The third-order valence-corrected chi connectivity index (χ3v) is 11.1. The highest BCUT2D eigenvalue weighted by Crippen LogP contribution is 2.43. The van der Waals surface area contributed by atoms with Crippen LogP contribution in [0, 0.1) is 17.9 Å². The quantitative estimate of drug-likeness (QED) is 0.169. The standard InChI is InChI=1S/C50H29N5/c1-52-33-25-28-47-41(30-33)39-16-5-10-21-45(39)55(47)49-24-12-23-48-50(49)40-17-6-11-22-46(40)54(48)44-20-9-2-13-36(44)35-27-26-34(29-32(35)31-51)53-42-18-7-3-14-37(42)38-15-4-8-19-43(38)53/h2-30H. The largest absolute Gasteiger partial charge is 0.309 e. The first-order valence-electron chi connectivity index (χ1n) is 18.3. The lowest BCUT2D eigenvalue weighted by atomic mass is 9.97. The summed E-state index contributed by atoms with van der Waals surface area (Å²) in [7, 11) is 0. The number of aromatic nitrogens is 3. The van der Waals surface area contributed by atoms with Crippen molar-refractivity contribution in [3.63, 3.8) is 0 Å². The molecule has 0 aliphatic rings. The number of nitrogens with zero attached hydrogens (tertiary/aromatic N) is 5. The van der Waals surface area contributed by atoms with Gasteiger partial charge in [-0.05, 0) is 72.1 Å². The minimum atomic E-state index is 0.609. The predicted molar refractivity (Wildman–Crippen MR) is 226 cm³/mol. The molecule has 0 saturated carbocycles. The lowest BCUT2D eigenvalue weighted by Crippen LogP contribution is -2.00. The van der Waals surface area contributed by atoms with Crippen molar-refractivity contribution in [2.45, 2.75) is 0 Å². The van der Waals surface area contributed by atoms with Gasteiger partial charge >= 0.3 is 0 Å². The first-order chi connectivity index (χ1) is 27.2. The average molecular weight is 700 g/mol. The molecule has 0 fully saturated rings. The van der Waals surface area contributed by atoms with Gasteiger partial charge < -0.3 is 13.7 Å². The molecular weight excluding hydrogens is 671 g/mol. The molecule has 0 radical (unpaired) electrons. The second-order valence-electron chi connectivity index (χ2n) is 13.9. The van der Waals surface area contributed by atoms with Crippen molar-refractivity contribution in [1.29, 1.82) is 5.26 Å². The van der Waals surface area contributed by atoms with E-state index < -0.39 is 0 Å². The topological polar surface area (TPSA) is 42.9 Å². The van der Waals surface area contributed by atoms with Crippen LogP contribution in [-0.2, 0) is 0 Å². The summed E-state index contributed by atoms with van der Waals surface area (Å²) in [5.41, 5.74) is 12.6. The highest BCUT2D eigenvalue weighted by atomic mass is 15.0. The van der Waals surface area contributed by atoms with E-state index >= 15 is 0 Å². The molecule has 0 amide bonds. The zero-order valence-electron chi connectivity index (χ0n) is 29.5. The van der Waals surface area contributed by atoms with E-state index in [0.29, 0.717) is 11.3 Å². The maximum Gasteiger partial charge on any atom is 0.188 e. The number of rotatable bonds is 4. The molecule has 5 heteroatoms. The molecule has 5 nitrogen and oxygen atoms in total. The van der Waals surface area contributed by atoms with Crippen molar-refractivity contribution in [1.82, 2.24) is 13.7 Å². The van der Waals surface area contributed by atoms with Crippen LogP contribution in [0.3, 0.4) is 0 Å². The minimum absolute atomic E-state index is 0.609. The molecule has 0 N–H and O–H groups in total. The van der Waals surface area contributed by atoms with Crippen molar-refractivity contribution in [3.8, 4) is 34.3 Å². The molecule has 11 aromatic rings. The van der Waals surface area contributed by atoms with Gasteiger partial charge in [0.2, 0.25) is 0 Å². The van der Waals surface area contributed by atoms with Gasteiger partial charge in [-0.15, -0.1) is 0 Å². The first-order valence-corrected chi connectivity index (χ1v) is 18.3. The maximum absolute atomic E-state index is 10.8. The molecule has 0 bridgehead atoms. The molecule has 0 atom stereocenters. The fourth-order valence-electron chi connectivity index (χ4n) is 8.83. The number of hydrogen-bond acceptors (Lipinski definition) is 1. The van der Waals surface area contributed by atoms with Gasteiger partial charge in [0.25, 0.3) is 0 Å². The zero-order valence-corrected chi connectivity index (χ0v) is 29.5. The van der Waals surface area contributed by atoms with Crippen LogP contribution in [0.2, 0.25) is 0 Å². The second-order valence-corrected chi connectivity index (χ2v) is 13.9. The van der Waals surface area contributed by atoms with Crippen LogP contribution in [0.15, 0.2) is 176 Å². The van der Waals surface area contributed by atoms with Crippen LogP contribution in [-0.4, -0.2) is 13.7 Å². The van der Waals surface area contributed by atoms with Crippen LogP contribution in [0.5, 0.6) is 0 Å². The van der Waals surface area contributed by atoms with Crippen molar-refractivity contribution < 1.29 is 0 Å². The van der Waals surface area contributed by atoms with E-state index in [2.05, 4.69) is 182 Å². The fraction of sp³-hybridized carbons (Fsp3) is 0. The Balaban J connectivity index is 1.15. The lowest BCUT2D eigenvalue weighted by Gasteiger charge is -2.16. The predicted octanol–water partition coefficient (Wildman–Crippen LogP) is 13.1. The van der Waals surface area contributed by atoms with E-state index in [1.807, 2.05) is 18.2 Å². The Bertz CT molecular complexity index is 3420. The Hall–Kier alpha value is -7.86. The number of nitriles is 1. The van der Waals surface area contributed by atoms with Crippen molar-refractivity contribution in [3.05, 3.63) is 193 Å². The Labute approximate surface area is 316 Å². The summed E-state index contributed by atoms with van der Waals surface area (Å²) >= 11 is 0. The van der Waals surface area contributed by atoms with E-state index in [1.54, 1.807) is 0 Å². The molecule has 0 aliphatic carbocycles. The summed E-state index contributed by atoms with van der Waals surface area (Å²) in [6, 6.07) is 63.6. The molecule has 11 rings (SSSR count). The molecule has 55 heavy (non-hydrogen) atoms. The van der Waals surface area contributed by atoms with Crippen molar-refractivity contribution >= 4 is 71.1 Å². The Morgan fingerprint density at radius 3 is 1.64 bits per heavy atom. The highest BCUT2D eigenvalue weighted by molar-refractivity contribution is 6.17. The summed E-state index contributed by atoms with van der Waals surface area (Å²) in [5.74, 6) is 0. The normalized spacial score (nSPS) is 11.6. The van der Waals surface area contributed by atoms with Gasteiger partial charge in [0.05, 0.1) is 62.7 Å². The molecule has 0 aliphatic heterocycles. The second kappa shape index (κ2) is 11.8. The van der Waals surface area contributed by atoms with Crippen LogP contribution >= 0.6 is 0 Å². The summed E-state index contributed by atoms with van der Waals surface area (Å²) in [4.78, 5) is 3.74. The molecule has 3 aromatic heterocycles. The highest BCUT2D eigenvalue weighted by Gasteiger charge is 2.22. The minimum Gasteiger partial charge on any atom is -0.309 e. The summed E-state index contributed by atoms with van der Waals surface area (Å²) in [5, 5.41) is 17.6. The average Bonchev–Trinajstić information content (AvgIpc) is 3.89. The number of fused-ring (bicyclic) bond motifs is 9. The van der Waals surface area contributed by atoms with E-state index in [0.717, 1.165) is 82.8 Å². The number of para-hydroxylation sites is 5. The van der Waals surface area contributed by atoms with Crippen molar-refractivity contribution in [2.75, 3.05) is 0 Å². The molecule has 254 valence electrons. The number of hydrogen-bond donors (Lipinski definition) is 0. The molecular formula is C50H29N5. The van der Waals surface area contributed by atoms with E-state index in [1.165, 1.54) is 10.8 Å². The molecule has 3 heterocycles. The van der Waals surface area contributed by atoms with Crippen LogP contribution in [0.25, 0.3) is 98.5 Å². The monoisotopic (exact) mass is 699 g/mol. The van der Waals surface area contributed by atoms with Gasteiger partial charge in [0.15, 0.2) is 5.69 Å². The van der Waals surface area contributed by atoms with Crippen LogP contribution in [0.1, 0.15) is 5.56 Å². The van der Waals surface area contributed by atoms with E-state index in [4.69, 9.17) is 6.57 Å². The fourth-order valence-corrected chi connectivity index (χ4v) is 8.83. The van der Waals surface area contributed by atoms with Gasteiger partial charge in [-0.25, -0.2) is 4.85 Å². The van der Waals surface area contributed by atoms with E-state index in [-0.39, 0.29) is 0 Å². The Morgan fingerprint density at radius 2 is 0.945 bits per heavy atom. The molecule has 8 aromatic carbocycles. The van der Waals surface area contributed by atoms with Gasteiger partial charge in [-0.2, -0.15) is 5.26 Å². The Morgan fingerprint density at radius 1 is 0.418 bits per heavy atom. The summed E-state index contributed by atoms with van der Waals surface area (Å²) in [6.45, 7) is 7.68. The third-order valence-electron chi connectivity index (χ3n) is 11.1.